The third-order valence-electron chi connectivity index (χ3n) is 4.86. The maximum absolute atomic E-state index is 13.0. The Kier molecular flexibility index (Phi) is 13.6. The van der Waals surface area contributed by atoms with Crippen LogP contribution in [0.3, 0.4) is 0 Å². The molecule has 6 heteroatoms. The second-order valence-electron chi connectivity index (χ2n) is 7.21. The van der Waals surface area contributed by atoms with Gasteiger partial charge in [-0.15, -0.1) is 24.8 Å². The summed E-state index contributed by atoms with van der Waals surface area (Å²) >= 11 is 0. The number of benzene rings is 2. The van der Waals surface area contributed by atoms with E-state index in [-0.39, 0.29) is 30.7 Å². The van der Waals surface area contributed by atoms with Crippen LogP contribution in [0.4, 0.5) is 0 Å². The molecule has 2 N–H and O–H groups in total. The van der Waals surface area contributed by atoms with Crippen molar-refractivity contribution in [3.63, 3.8) is 0 Å². The smallest absolute Gasteiger partial charge is 0.254 e. The van der Waals surface area contributed by atoms with E-state index in [0.29, 0.717) is 25.7 Å². The van der Waals surface area contributed by atoms with Gasteiger partial charge in [0.1, 0.15) is 0 Å². The van der Waals surface area contributed by atoms with E-state index in [2.05, 4.69) is 49.9 Å². The summed E-state index contributed by atoms with van der Waals surface area (Å²) in [5, 5.41) is 0. The fraction of sp³-hybridized carbons (Fsp3) is 0.435. The van der Waals surface area contributed by atoms with E-state index < -0.39 is 0 Å². The number of hydrogen-bond donors (Lipinski definition) is 1. The summed E-state index contributed by atoms with van der Waals surface area (Å²) in [5.74, 6) is 0.0649. The standard InChI is InChI=1S/C23H33N3O.2ClH/c1-4-25(19(2)3)17-21-11-13-22(14-12-21)23(27)26(16-8-15-24)18-20-9-6-5-7-10-20;;/h5-7,9-14,19H,4,8,15-18,24H2,1-3H3;2*1H. The van der Waals surface area contributed by atoms with Gasteiger partial charge in [-0.3, -0.25) is 9.69 Å². The molecule has 0 aliphatic heterocycles. The molecule has 0 aliphatic rings. The lowest BCUT2D eigenvalue weighted by molar-refractivity contribution is 0.0742. The number of nitrogens with zero attached hydrogens (tertiary/aromatic N) is 2. The van der Waals surface area contributed by atoms with Crippen LogP contribution in [0.15, 0.2) is 54.6 Å². The molecule has 29 heavy (non-hydrogen) atoms. The summed E-state index contributed by atoms with van der Waals surface area (Å²) in [5.41, 5.74) is 8.77. The van der Waals surface area contributed by atoms with Gasteiger partial charge in [-0.05, 0) is 56.6 Å². The molecular formula is C23H35Cl2N3O. The molecule has 0 saturated carbocycles. The van der Waals surface area contributed by atoms with Crippen LogP contribution < -0.4 is 5.73 Å². The SMILES string of the molecule is CCN(Cc1ccc(C(=O)N(CCCN)Cc2ccccc2)cc1)C(C)C.Cl.Cl. The Bertz CT molecular complexity index is 693. The fourth-order valence-electron chi connectivity index (χ4n) is 3.17. The first kappa shape index (κ1) is 27.4. The molecule has 4 nitrogen and oxygen atoms in total. The summed E-state index contributed by atoms with van der Waals surface area (Å²) in [6, 6.07) is 18.7. The third-order valence-corrected chi connectivity index (χ3v) is 4.86. The Morgan fingerprint density at radius 3 is 2.03 bits per heavy atom. The highest BCUT2D eigenvalue weighted by Gasteiger charge is 2.16. The maximum atomic E-state index is 13.0. The fourth-order valence-corrected chi connectivity index (χ4v) is 3.17. The van der Waals surface area contributed by atoms with Gasteiger partial charge in [-0.25, -0.2) is 0 Å². The topological polar surface area (TPSA) is 49.6 Å². The van der Waals surface area contributed by atoms with Gasteiger partial charge in [0.2, 0.25) is 0 Å². The molecule has 0 heterocycles. The van der Waals surface area contributed by atoms with Gasteiger partial charge in [-0.2, -0.15) is 0 Å². The third kappa shape index (κ3) is 8.75. The number of carbonyl (C=O) groups is 1. The van der Waals surface area contributed by atoms with Crippen LogP contribution in [0.1, 0.15) is 48.7 Å². The predicted molar refractivity (Wildman–Crippen MR) is 127 cm³/mol. The molecule has 0 aromatic heterocycles. The Morgan fingerprint density at radius 1 is 0.931 bits per heavy atom. The molecule has 2 rings (SSSR count). The molecule has 0 unspecified atom stereocenters. The highest BCUT2D eigenvalue weighted by molar-refractivity contribution is 5.94. The average Bonchev–Trinajstić information content (AvgIpc) is 2.69. The van der Waals surface area contributed by atoms with Gasteiger partial charge < -0.3 is 10.6 Å². The van der Waals surface area contributed by atoms with E-state index in [1.807, 2.05) is 35.2 Å². The van der Waals surface area contributed by atoms with Crippen LogP contribution >= 0.6 is 24.8 Å². The van der Waals surface area contributed by atoms with Crippen molar-refractivity contribution in [2.24, 2.45) is 5.73 Å². The molecular weight excluding hydrogens is 405 g/mol. The van der Waals surface area contributed by atoms with Gasteiger partial charge in [0.25, 0.3) is 5.91 Å². The highest BCUT2D eigenvalue weighted by Crippen LogP contribution is 2.14. The summed E-state index contributed by atoms with van der Waals surface area (Å²) in [4.78, 5) is 17.3. The molecule has 0 radical (unpaired) electrons. The normalized spacial score (nSPS) is 10.4. The zero-order valence-corrected chi connectivity index (χ0v) is 19.3. The van der Waals surface area contributed by atoms with Crippen molar-refractivity contribution in [2.45, 2.75) is 46.3 Å². The number of amides is 1. The first-order chi connectivity index (χ1) is 13.0. The van der Waals surface area contributed by atoms with Crippen molar-refractivity contribution < 1.29 is 4.79 Å². The molecule has 0 fully saturated rings. The number of nitrogens with two attached hydrogens (primary N) is 1. The van der Waals surface area contributed by atoms with E-state index >= 15 is 0 Å². The first-order valence-electron chi connectivity index (χ1n) is 9.91. The van der Waals surface area contributed by atoms with Crippen molar-refractivity contribution in [1.29, 1.82) is 0 Å². The first-order valence-corrected chi connectivity index (χ1v) is 9.91. The Labute approximate surface area is 188 Å². The van der Waals surface area contributed by atoms with E-state index in [9.17, 15) is 4.79 Å². The van der Waals surface area contributed by atoms with Gasteiger partial charge in [0.05, 0.1) is 0 Å². The quantitative estimate of drug-likeness (QED) is 0.580. The maximum Gasteiger partial charge on any atom is 0.254 e. The summed E-state index contributed by atoms with van der Waals surface area (Å²) in [6.07, 6.45) is 0.802. The zero-order valence-electron chi connectivity index (χ0n) is 17.7. The molecule has 2 aromatic carbocycles. The number of carbonyl (C=O) groups excluding carboxylic acids is 1. The van der Waals surface area contributed by atoms with Crippen molar-refractivity contribution in [3.8, 4) is 0 Å². The molecule has 0 atom stereocenters. The lowest BCUT2D eigenvalue weighted by atomic mass is 10.1. The molecule has 2 aromatic rings. The van der Waals surface area contributed by atoms with Crippen molar-refractivity contribution in [2.75, 3.05) is 19.6 Å². The van der Waals surface area contributed by atoms with E-state index in [4.69, 9.17) is 5.73 Å². The summed E-state index contributed by atoms with van der Waals surface area (Å²) in [7, 11) is 0. The van der Waals surface area contributed by atoms with Gasteiger partial charge in [0, 0.05) is 31.2 Å². The van der Waals surface area contributed by atoms with Crippen LogP contribution in [0.5, 0.6) is 0 Å². The van der Waals surface area contributed by atoms with Crippen LogP contribution in [0.25, 0.3) is 0 Å². The minimum Gasteiger partial charge on any atom is -0.334 e. The molecule has 0 bridgehead atoms. The summed E-state index contributed by atoms with van der Waals surface area (Å²) < 4.78 is 0. The monoisotopic (exact) mass is 439 g/mol. The summed E-state index contributed by atoms with van der Waals surface area (Å²) in [6.45, 7) is 10.4. The minimum absolute atomic E-state index is 0. The Hall–Kier alpha value is -1.59. The van der Waals surface area contributed by atoms with Crippen molar-refractivity contribution in [1.82, 2.24) is 9.80 Å². The predicted octanol–water partition coefficient (Wildman–Crippen LogP) is 4.75. The second-order valence-corrected chi connectivity index (χ2v) is 7.21. The number of halogens is 2. The molecule has 1 amide bonds. The van der Waals surface area contributed by atoms with Gasteiger partial charge >= 0.3 is 0 Å². The highest BCUT2D eigenvalue weighted by atomic mass is 35.5. The van der Waals surface area contributed by atoms with Crippen LogP contribution in [-0.2, 0) is 13.1 Å². The minimum atomic E-state index is 0. The lowest BCUT2D eigenvalue weighted by Gasteiger charge is -2.25. The number of rotatable bonds is 10. The van der Waals surface area contributed by atoms with Crippen LogP contribution in [0, 0.1) is 0 Å². The van der Waals surface area contributed by atoms with Gasteiger partial charge in [-0.1, -0.05) is 49.4 Å². The average molecular weight is 440 g/mol. The van der Waals surface area contributed by atoms with E-state index in [1.165, 1.54) is 5.56 Å². The lowest BCUT2D eigenvalue weighted by Crippen LogP contribution is -2.32. The Morgan fingerprint density at radius 2 is 1.52 bits per heavy atom. The second kappa shape index (κ2) is 14.4. The van der Waals surface area contributed by atoms with Crippen LogP contribution in [0.2, 0.25) is 0 Å². The Balaban J connectivity index is 0.00000392. The van der Waals surface area contributed by atoms with Crippen molar-refractivity contribution in [3.05, 3.63) is 71.3 Å². The largest absolute Gasteiger partial charge is 0.334 e. The van der Waals surface area contributed by atoms with Gasteiger partial charge in [0.15, 0.2) is 0 Å². The molecule has 0 spiro atoms. The molecule has 0 saturated heterocycles. The zero-order chi connectivity index (χ0) is 19.6. The number of hydrogen-bond acceptors (Lipinski definition) is 3. The molecule has 0 aliphatic carbocycles. The van der Waals surface area contributed by atoms with E-state index in [1.54, 1.807) is 0 Å². The van der Waals surface area contributed by atoms with Crippen LogP contribution in [-0.4, -0.2) is 41.4 Å². The van der Waals surface area contributed by atoms with Crippen molar-refractivity contribution >= 4 is 30.7 Å². The molecule has 162 valence electrons. The van der Waals surface area contributed by atoms with E-state index in [0.717, 1.165) is 30.6 Å².